The number of nitrogens with zero attached hydrogens (tertiary/aromatic N) is 5. The lowest BCUT2D eigenvalue weighted by Crippen LogP contribution is -2.65. The highest BCUT2D eigenvalue weighted by Gasteiger charge is 2.50. The summed E-state index contributed by atoms with van der Waals surface area (Å²) in [6, 6.07) is 8.55. The minimum Gasteiger partial charge on any atom is -0.475 e. The van der Waals surface area contributed by atoms with Crippen molar-refractivity contribution in [3.63, 3.8) is 0 Å². The van der Waals surface area contributed by atoms with E-state index >= 15 is 4.39 Å². The summed E-state index contributed by atoms with van der Waals surface area (Å²) >= 11 is 6.46. The number of rotatable bonds is 4. The summed E-state index contributed by atoms with van der Waals surface area (Å²) < 4.78 is 58.8. The van der Waals surface area contributed by atoms with Gasteiger partial charge in [-0.05, 0) is 43.7 Å². The standard InChI is InChI=1S/C33H32ClF3N6O2/c34-26-21(36)9-8-17-4-1-6-20(24(17)26)28-27(37)29-25-30(41-32(40-29)45-16-33-10-3-11-42(33)13-18(35)12-33)43-14-19-5-2-7-22(38-19)23(43)15-44-31(25)39-28/h1,4,6,8-9,18-19,22-23,38H,2-3,5,7,10-16H2/t18-,19+,22-,23+,33+/m1/s1. The van der Waals surface area contributed by atoms with Gasteiger partial charge in [0.05, 0.1) is 16.6 Å². The van der Waals surface area contributed by atoms with Gasteiger partial charge in [-0.2, -0.15) is 9.97 Å². The van der Waals surface area contributed by atoms with E-state index in [-0.39, 0.29) is 52.9 Å². The van der Waals surface area contributed by atoms with Gasteiger partial charge in [0.15, 0.2) is 5.82 Å². The van der Waals surface area contributed by atoms with Crippen molar-refractivity contribution in [3.8, 4) is 23.1 Å². The van der Waals surface area contributed by atoms with Crippen molar-refractivity contribution >= 4 is 39.1 Å². The number of nitrogens with one attached hydrogen (secondary N) is 1. The van der Waals surface area contributed by atoms with Crippen LogP contribution in [0.2, 0.25) is 5.02 Å². The average molecular weight is 637 g/mol. The number of ether oxygens (including phenoxy) is 2. The molecular formula is C33H32ClF3N6O2. The zero-order valence-corrected chi connectivity index (χ0v) is 25.3. The second kappa shape index (κ2) is 10.3. The molecule has 45 heavy (non-hydrogen) atoms. The molecule has 0 spiro atoms. The third-order valence-corrected chi connectivity index (χ3v) is 11.0. The number of alkyl halides is 1. The normalized spacial score (nSPS) is 29.0. The molecule has 4 fully saturated rings. The quantitative estimate of drug-likeness (QED) is 0.300. The van der Waals surface area contributed by atoms with Crippen LogP contribution in [0.4, 0.5) is 19.0 Å². The highest BCUT2D eigenvalue weighted by atomic mass is 35.5. The fraction of sp³-hybridized carbons (Fsp3) is 0.485. The van der Waals surface area contributed by atoms with Crippen molar-refractivity contribution in [2.24, 2.45) is 0 Å². The zero-order valence-electron chi connectivity index (χ0n) is 24.5. The third kappa shape index (κ3) is 4.30. The summed E-state index contributed by atoms with van der Waals surface area (Å²) in [6.45, 7) is 2.45. The molecule has 2 bridgehead atoms. The van der Waals surface area contributed by atoms with Crippen LogP contribution in [0.1, 0.15) is 38.5 Å². The number of pyridine rings is 1. The van der Waals surface area contributed by atoms with Gasteiger partial charge in [0.2, 0.25) is 5.88 Å². The van der Waals surface area contributed by atoms with Crippen molar-refractivity contribution < 1.29 is 22.6 Å². The second-order valence-corrected chi connectivity index (χ2v) is 13.6. The Morgan fingerprint density at radius 1 is 1.07 bits per heavy atom. The largest absolute Gasteiger partial charge is 0.475 e. The van der Waals surface area contributed by atoms with Crippen molar-refractivity contribution in [1.29, 1.82) is 0 Å². The fourth-order valence-corrected chi connectivity index (χ4v) is 8.79. The molecule has 0 amide bonds. The first-order valence-corrected chi connectivity index (χ1v) is 16.2. The first-order chi connectivity index (χ1) is 21.9. The van der Waals surface area contributed by atoms with Crippen molar-refractivity contribution in [3.05, 3.63) is 47.0 Å². The van der Waals surface area contributed by atoms with Crippen LogP contribution in [0.15, 0.2) is 30.3 Å². The van der Waals surface area contributed by atoms with E-state index < -0.39 is 23.3 Å². The maximum absolute atomic E-state index is 16.9. The Bertz CT molecular complexity index is 1860. The van der Waals surface area contributed by atoms with E-state index in [0.717, 1.165) is 38.6 Å². The summed E-state index contributed by atoms with van der Waals surface area (Å²) in [7, 11) is 0. The fourth-order valence-electron chi connectivity index (χ4n) is 8.52. The Labute approximate surface area is 262 Å². The zero-order chi connectivity index (χ0) is 30.4. The van der Waals surface area contributed by atoms with Gasteiger partial charge in [0.25, 0.3) is 0 Å². The summed E-state index contributed by atoms with van der Waals surface area (Å²) in [5, 5.41) is 5.02. The predicted molar refractivity (Wildman–Crippen MR) is 165 cm³/mol. The smallest absolute Gasteiger partial charge is 0.319 e. The molecule has 2 aromatic carbocycles. The van der Waals surface area contributed by atoms with Gasteiger partial charge >= 0.3 is 6.01 Å². The van der Waals surface area contributed by atoms with Gasteiger partial charge in [-0.1, -0.05) is 42.3 Å². The molecular weight excluding hydrogens is 605 g/mol. The van der Waals surface area contributed by atoms with Crippen LogP contribution < -0.4 is 19.7 Å². The lowest BCUT2D eigenvalue weighted by Gasteiger charge is -2.48. The monoisotopic (exact) mass is 636 g/mol. The van der Waals surface area contributed by atoms with Gasteiger partial charge in [0, 0.05) is 42.5 Å². The summed E-state index contributed by atoms with van der Waals surface area (Å²) in [6.07, 6.45) is 4.45. The molecule has 5 atom stereocenters. The number of hydrogen-bond acceptors (Lipinski definition) is 8. The first-order valence-electron chi connectivity index (χ1n) is 15.8. The molecule has 7 heterocycles. The second-order valence-electron chi connectivity index (χ2n) is 13.2. The molecule has 12 heteroatoms. The molecule has 4 saturated heterocycles. The number of fused-ring (bicyclic) bond motifs is 7. The molecule has 2 aromatic heterocycles. The van der Waals surface area contributed by atoms with E-state index in [2.05, 4.69) is 20.1 Å². The minimum absolute atomic E-state index is 0.0134. The number of piperazine rings is 1. The third-order valence-electron chi connectivity index (χ3n) is 10.6. The van der Waals surface area contributed by atoms with E-state index in [1.54, 1.807) is 24.3 Å². The lowest BCUT2D eigenvalue weighted by molar-refractivity contribution is 0.107. The van der Waals surface area contributed by atoms with E-state index in [0.29, 0.717) is 53.7 Å². The summed E-state index contributed by atoms with van der Waals surface area (Å²) in [4.78, 5) is 18.6. The SMILES string of the molecule is Fc1ccc2cccc(-c3nc4c5c(nc(OC[C@@]67CCCN6C[C@H](F)C7)nc5c3F)N3C[C@@H]5CCC[C@@H](N5)[C@@H]3CO4)c2c1Cl. The average Bonchev–Trinajstić information content (AvgIpc) is 3.52. The van der Waals surface area contributed by atoms with Gasteiger partial charge < -0.3 is 19.7 Å². The molecule has 8 nitrogen and oxygen atoms in total. The molecule has 0 unspecified atom stereocenters. The van der Waals surface area contributed by atoms with E-state index in [1.807, 2.05) is 0 Å². The summed E-state index contributed by atoms with van der Waals surface area (Å²) in [5.41, 5.74) is -0.113. The Kier molecular flexibility index (Phi) is 6.38. The highest BCUT2D eigenvalue weighted by Crippen LogP contribution is 2.45. The maximum Gasteiger partial charge on any atom is 0.319 e. The van der Waals surface area contributed by atoms with Crippen LogP contribution in [0, 0.1) is 11.6 Å². The van der Waals surface area contributed by atoms with Gasteiger partial charge in [0.1, 0.15) is 47.6 Å². The van der Waals surface area contributed by atoms with E-state index in [4.69, 9.17) is 31.0 Å². The molecule has 0 saturated carbocycles. The van der Waals surface area contributed by atoms with E-state index in [1.165, 1.54) is 6.07 Å². The molecule has 9 rings (SSSR count). The highest BCUT2D eigenvalue weighted by molar-refractivity contribution is 6.36. The van der Waals surface area contributed by atoms with Crippen molar-refractivity contribution in [1.82, 2.24) is 25.2 Å². The van der Waals surface area contributed by atoms with Crippen molar-refractivity contribution in [2.75, 3.05) is 37.7 Å². The van der Waals surface area contributed by atoms with Crippen LogP contribution in [0.5, 0.6) is 11.9 Å². The van der Waals surface area contributed by atoms with Gasteiger partial charge in [-0.15, -0.1) is 0 Å². The molecule has 0 aliphatic carbocycles. The molecule has 5 aliphatic heterocycles. The Morgan fingerprint density at radius 3 is 2.89 bits per heavy atom. The van der Waals surface area contributed by atoms with Crippen LogP contribution in [-0.4, -0.2) is 82.5 Å². The first kappa shape index (κ1) is 27.9. The van der Waals surface area contributed by atoms with Crippen LogP contribution in [-0.2, 0) is 0 Å². The molecule has 4 aromatic rings. The molecule has 0 radical (unpaired) electrons. The van der Waals surface area contributed by atoms with Gasteiger partial charge in [-0.25, -0.2) is 18.2 Å². The van der Waals surface area contributed by atoms with Crippen LogP contribution in [0.25, 0.3) is 32.9 Å². The molecule has 5 aliphatic rings. The number of hydrogen-bond donors (Lipinski definition) is 1. The number of piperidine rings is 1. The number of anilines is 1. The van der Waals surface area contributed by atoms with Crippen LogP contribution >= 0.6 is 11.6 Å². The lowest BCUT2D eigenvalue weighted by atomic mass is 9.88. The number of aromatic nitrogens is 3. The van der Waals surface area contributed by atoms with Crippen LogP contribution in [0.3, 0.4) is 0 Å². The number of benzene rings is 2. The van der Waals surface area contributed by atoms with E-state index in [9.17, 15) is 8.78 Å². The Balaban J connectivity index is 1.23. The molecule has 1 N–H and O–H groups in total. The Morgan fingerprint density at radius 2 is 1.98 bits per heavy atom. The topological polar surface area (TPSA) is 75.6 Å². The summed E-state index contributed by atoms with van der Waals surface area (Å²) in [5.74, 6) is -0.557. The maximum atomic E-state index is 16.9. The molecule has 234 valence electrons. The Hall–Kier alpha value is -3.41. The number of halogens is 4. The van der Waals surface area contributed by atoms with Crippen molar-refractivity contribution in [2.45, 2.75) is 68.4 Å². The predicted octanol–water partition coefficient (Wildman–Crippen LogP) is 5.82. The minimum atomic E-state index is -0.903. The van der Waals surface area contributed by atoms with Gasteiger partial charge in [-0.3, -0.25) is 4.90 Å².